The van der Waals surface area contributed by atoms with Gasteiger partial charge in [-0.3, -0.25) is 4.79 Å². The Morgan fingerprint density at radius 1 is 0.812 bits per heavy atom. The molecule has 6 rings (SSSR count). The van der Waals surface area contributed by atoms with E-state index in [0.29, 0.717) is 24.4 Å². The zero-order chi connectivity index (χ0) is 35.1. The van der Waals surface area contributed by atoms with Crippen LogP contribution in [0.4, 0.5) is 0 Å². The monoisotopic (exact) mass is 676 g/mol. The number of methoxy groups -OCH3 is 2. The van der Waals surface area contributed by atoms with E-state index in [1.807, 2.05) is 14.0 Å². The second kappa shape index (κ2) is 12.7. The van der Waals surface area contributed by atoms with Gasteiger partial charge in [-0.2, -0.15) is 0 Å². The van der Waals surface area contributed by atoms with Crippen LogP contribution in [0.3, 0.4) is 0 Å². The molecule has 8 heteroatoms. The van der Waals surface area contributed by atoms with Crippen molar-refractivity contribution in [2.24, 2.45) is 56.2 Å². The standard InChI is InChI=1S/C40H68O8/c1-11-46-32-31(45-10)30(42)24(2)47-33(32)48-34(43)40-20-18-35(3,4)22-26(40)25-12-13-28-36(5)16-15-29(44-9)37(6,23-41)27(36)14-17-39(28,8)38(25,7)19-21-40/h24-33,41-42H,11-23H2,1-10H3/t24?,25?,26?,27?,28?,29?,30?,31?,32?,33?,36-,37?,38+,39+,40?/m0/s1. The van der Waals surface area contributed by atoms with Crippen molar-refractivity contribution in [2.45, 2.75) is 163 Å². The van der Waals surface area contributed by atoms with Gasteiger partial charge in [0.15, 0.2) is 0 Å². The summed E-state index contributed by atoms with van der Waals surface area (Å²) in [7, 11) is 3.39. The molecule has 0 aromatic rings. The highest BCUT2D eigenvalue weighted by molar-refractivity contribution is 5.78. The van der Waals surface area contributed by atoms with Gasteiger partial charge in [-0.25, -0.2) is 0 Å². The van der Waals surface area contributed by atoms with E-state index < -0.39 is 36.1 Å². The first-order valence-electron chi connectivity index (χ1n) is 19.3. The van der Waals surface area contributed by atoms with Crippen molar-refractivity contribution in [3.05, 3.63) is 0 Å². The lowest BCUT2D eigenvalue weighted by Gasteiger charge is -2.73. The van der Waals surface area contributed by atoms with Gasteiger partial charge in [0.2, 0.25) is 6.29 Å². The lowest BCUT2D eigenvalue weighted by atomic mass is 9.31. The zero-order valence-electron chi connectivity index (χ0n) is 31.8. The minimum Gasteiger partial charge on any atom is -0.432 e. The molecule has 8 nitrogen and oxygen atoms in total. The first kappa shape index (κ1) is 37.0. The van der Waals surface area contributed by atoms with Crippen molar-refractivity contribution in [3.63, 3.8) is 0 Å². The summed E-state index contributed by atoms with van der Waals surface area (Å²) in [6.45, 7) is 19.1. The molecule has 2 N–H and O–H groups in total. The van der Waals surface area contributed by atoms with E-state index in [9.17, 15) is 15.0 Å². The van der Waals surface area contributed by atoms with E-state index in [-0.39, 0.29) is 51.7 Å². The molecular formula is C40H68O8. The third kappa shape index (κ3) is 5.22. The molecule has 1 heterocycles. The summed E-state index contributed by atoms with van der Waals surface area (Å²) in [5.74, 6) is 1.53. The molecule has 0 amide bonds. The van der Waals surface area contributed by atoms with Crippen LogP contribution in [0.25, 0.3) is 0 Å². The van der Waals surface area contributed by atoms with Crippen molar-refractivity contribution in [1.82, 2.24) is 0 Å². The first-order valence-corrected chi connectivity index (χ1v) is 19.3. The Morgan fingerprint density at radius 2 is 1.52 bits per heavy atom. The second-order valence-electron chi connectivity index (χ2n) is 19.0. The largest absolute Gasteiger partial charge is 0.432 e. The SMILES string of the molecule is CCOC1C(OC(=O)C23CCC(C)(C)CC2C2CCC4[C@@]5(C)CCC(OC)C(C)(CO)C5CC[C@@]4(C)[C@]2(C)CC3)OC(C)C(O)C1OC. The molecule has 12 unspecified atom stereocenters. The predicted molar refractivity (Wildman–Crippen MR) is 184 cm³/mol. The highest BCUT2D eigenvalue weighted by Crippen LogP contribution is 2.77. The fourth-order valence-electron chi connectivity index (χ4n) is 13.7. The number of hydrogen-bond acceptors (Lipinski definition) is 8. The van der Waals surface area contributed by atoms with Gasteiger partial charge in [-0.05, 0) is 130 Å². The van der Waals surface area contributed by atoms with Gasteiger partial charge >= 0.3 is 5.97 Å². The lowest BCUT2D eigenvalue weighted by Crippen LogP contribution is -2.68. The van der Waals surface area contributed by atoms with Crippen LogP contribution >= 0.6 is 0 Å². The summed E-state index contributed by atoms with van der Waals surface area (Å²) < 4.78 is 30.4. The maximum atomic E-state index is 14.8. The summed E-state index contributed by atoms with van der Waals surface area (Å²) in [4.78, 5) is 14.8. The fourth-order valence-corrected chi connectivity index (χ4v) is 13.7. The smallest absolute Gasteiger partial charge is 0.314 e. The van der Waals surface area contributed by atoms with E-state index in [4.69, 9.17) is 23.7 Å². The van der Waals surface area contributed by atoms with Gasteiger partial charge < -0.3 is 33.9 Å². The number of rotatable bonds is 7. The molecule has 6 fully saturated rings. The van der Waals surface area contributed by atoms with Gasteiger partial charge in [0.1, 0.15) is 18.3 Å². The molecule has 0 bridgehead atoms. The third-order valence-electron chi connectivity index (χ3n) is 16.6. The lowest BCUT2D eigenvalue weighted by molar-refractivity contribution is -0.305. The van der Waals surface area contributed by atoms with Crippen molar-refractivity contribution in [1.29, 1.82) is 0 Å². The second-order valence-corrected chi connectivity index (χ2v) is 19.0. The van der Waals surface area contributed by atoms with E-state index >= 15 is 0 Å². The Kier molecular flexibility index (Phi) is 9.80. The molecule has 15 atom stereocenters. The Labute approximate surface area is 290 Å². The number of carbonyl (C=O) groups excluding carboxylic acids is 1. The van der Waals surface area contributed by atoms with E-state index in [1.165, 1.54) is 6.42 Å². The van der Waals surface area contributed by atoms with Crippen LogP contribution in [0.5, 0.6) is 0 Å². The van der Waals surface area contributed by atoms with Gasteiger partial charge in [-0.15, -0.1) is 0 Å². The average Bonchev–Trinajstić information content (AvgIpc) is 3.03. The highest BCUT2D eigenvalue weighted by atomic mass is 16.7. The average molecular weight is 677 g/mol. The molecular weight excluding hydrogens is 608 g/mol. The van der Waals surface area contributed by atoms with E-state index in [0.717, 1.165) is 64.2 Å². The molecule has 5 aliphatic carbocycles. The number of aliphatic hydroxyl groups excluding tert-OH is 2. The van der Waals surface area contributed by atoms with Gasteiger partial charge in [-0.1, -0.05) is 41.5 Å². The maximum absolute atomic E-state index is 14.8. The molecule has 1 aliphatic heterocycles. The molecule has 0 aromatic heterocycles. The van der Waals surface area contributed by atoms with Crippen LogP contribution in [-0.4, -0.2) is 80.4 Å². The number of ether oxygens (including phenoxy) is 5. The van der Waals surface area contributed by atoms with Crippen molar-refractivity contribution >= 4 is 5.97 Å². The fraction of sp³-hybridized carbons (Fsp3) is 0.975. The van der Waals surface area contributed by atoms with Crippen LogP contribution in [0, 0.1) is 56.2 Å². The number of hydrogen-bond donors (Lipinski definition) is 2. The molecule has 5 saturated carbocycles. The summed E-state index contributed by atoms with van der Waals surface area (Å²) >= 11 is 0. The zero-order valence-corrected chi connectivity index (χ0v) is 31.8. The normalized spacial score (nSPS) is 53.1. The number of esters is 1. The number of aliphatic hydroxyl groups is 2. The number of carbonyl (C=O) groups is 1. The minimum atomic E-state index is -0.925. The molecule has 276 valence electrons. The summed E-state index contributed by atoms with van der Waals surface area (Å²) in [6, 6.07) is 0. The molecule has 0 aromatic carbocycles. The first-order chi connectivity index (χ1) is 22.5. The van der Waals surface area contributed by atoms with E-state index in [1.54, 1.807) is 14.0 Å². The van der Waals surface area contributed by atoms with Crippen LogP contribution in [0.15, 0.2) is 0 Å². The minimum absolute atomic E-state index is 0.100. The Morgan fingerprint density at radius 3 is 2.17 bits per heavy atom. The van der Waals surface area contributed by atoms with Crippen molar-refractivity contribution in [3.8, 4) is 0 Å². The molecule has 0 radical (unpaired) electrons. The van der Waals surface area contributed by atoms with Crippen molar-refractivity contribution in [2.75, 3.05) is 27.4 Å². The summed E-state index contributed by atoms with van der Waals surface area (Å²) in [6.07, 6.45) is 7.88. The quantitative estimate of drug-likeness (QED) is 0.280. The van der Waals surface area contributed by atoms with Gasteiger partial charge in [0, 0.05) is 26.2 Å². The third-order valence-corrected chi connectivity index (χ3v) is 16.6. The van der Waals surface area contributed by atoms with Gasteiger partial charge in [0.05, 0.1) is 24.2 Å². The molecule has 0 spiro atoms. The van der Waals surface area contributed by atoms with Crippen LogP contribution < -0.4 is 0 Å². The van der Waals surface area contributed by atoms with Crippen LogP contribution in [0.2, 0.25) is 0 Å². The van der Waals surface area contributed by atoms with Gasteiger partial charge in [0.25, 0.3) is 0 Å². The molecule has 48 heavy (non-hydrogen) atoms. The predicted octanol–water partition coefficient (Wildman–Crippen LogP) is 6.92. The Bertz CT molecular complexity index is 1190. The summed E-state index contributed by atoms with van der Waals surface area (Å²) in [5.41, 5.74) is -0.218. The maximum Gasteiger partial charge on any atom is 0.314 e. The Hall–Kier alpha value is -0.770. The topological polar surface area (TPSA) is 104 Å². The molecule has 1 saturated heterocycles. The Balaban J connectivity index is 1.32. The van der Waals surface area contributed by atoms with Crippen LogP contribution in [-0.2, 0) is 28.5 Å². The number of fused-ring (bicyclic) bond motifs is 7. The van der Waals surface area contributed by atoms with E-state index in [2.05, 4.69) is 41.5 Å². The van der Waals surface area contributed by atoms with Crippen molar-refractivity contribution < 1.29 is 38.7 Å². The highest BCUT2D eigenvalue weighted by Gasteiger charge is 2.72. The summed E-state index contributed by atoms with van der Waals surface area (Å²) in [5, 5.41) is 21.6. The molecule has 6 aliphatic rings. The van der Waals surface area contributed by atoms with Crippen LogP contribution in [0.1, 0.15) is 126 Å².